The molecule has 1 aromatic heterocycles. The number of rotatable bonds is 5. The van der Waals surface area contributed by atoms with Gasteiger partial charge in [-0.15, -0.1) is 0 Å². The maximum absolute atomic E-state index is 12.4. The topological polar surface area (TPSA) is 77.7 Å². The minimum Gasteiger partial charge on any atom is -0.465 e. The number of hydrogen-bond donors (Lipinski definition) is 2. The summed E-state index contributed by atoms with van der Waals surface area (Å²) in [5.41, 5.74) is 4.06. The zero-order chi connectivity index (χ0) is 20.5. The second-order valence-electron chi connectivity index (χ2n) is 8.35. The van der Waals surface area contributed by atoms with E-state index in [2.05, 4.69) is 46.6 Å². The van der Waals surface area contributed by atoms with Crippen LogP contribution in [0.1, 0.15) is 30.4 Å². The molecule has 3 atom stereocenters. The summed E-state index contributed by atoms with van der Waals surface area (Å²) in [5.74, 6) is 0.458. The highest BCUT2D eigenvalue weighted by atomic mass is 16.5. The molecule has 0 bridgehead atoms. The first kappa shape index (κ1) is 19.8. The van der Waals surface area contributed by atoms with Gasteiger partial charge in [-0.3, -0.25) is 4.79 Å². The number of amides is 2. The van der Waals surface area contributed by atoms with Gasteiger partial charge in [0.2, 0.25) is 0 Å². The molecule has 1 unspecified atom stereocenters. The third-order valence-corrected chi connectivity index (χ3v) is 6.37. The number of nitrogens with one attached hydrogen (secondary N) is 2. The number of hydrogen-bond acceptors (Lipinski definition) is 4. The molecule has 2 amide bonds. The van der Waals surface area contributed by atoms with E-state index in [1.165, 1.54) is 26.9 Å². The molecule has 0 radical (unpaired) electrons. The molecule has 1 aliphatic carbocycles. The van der Waals surface area contributed by atoms with Crippen molar-refractivity contribution in [3.8, 4) is 0 Å². The van der Waals surface area contributed by atoms with Crippen molar-refractivity contribution < 1.29 is 14.3 Å². The first-order valence-electron chi connectivity index (χ1n) is 10.4. The number of carbonyl (C=O) groups is 2. The zero-order valence-electron chi connectivity index (χ0n) is 17.4. The molecule has 2 aromatic rings. The predicted octanol–water partition coefficient (Wildman–Crippen LogP) is 2.33. The van der Waals surface area contributed by atoms with Crippen molar-refractivity contribution >= 4 is 22.9 Å². The number of carbonyl (C=O) groups excluding carboxylic acids is 2. The molecular weight excluding hydrogens is 368 g/mol. The normalized spacial score (nSPS) is 23.5. The van der Waals surface area contributed by atoms with Crippen molar-refractivity contribution in [1.29, 1.82) is 0 Å². The molecule has 2 aliphatic rings. The van der Waals surface area contributed by atoms with E-state index in [1.807, 2.05) is 0 Å². The van der Waals surface area contributed by atoms with Crippen LogP contribution in [0.3, 0.4) is 0 Å². The van der Waals surface area contributed by atoms with E-state index in [1.54, 1.807) is 14.0 Å². The van der Waals surface area contributed by atoms with Gasteiger partial charge in [-0.05, 0) is 49.9 Å². The number of likely N-dealkylation sites (N-methyl/N-ethyl adjacent to an activating group) is 2. The Morgan fingerprint density at radius 3 is 3.00 bits per heavy atom. The van der Waals surface area contributed by atoms with Crippen LogP contribution in [0.2, 0.25) is 0 Å². The number of piperidine rings is 1. The number of nitrogens with zero attached hydrogens (tertiary/aromatic N) is 2. The van der Waals surface area contributed by atoms with E-state index in [4.69, 9.17) is 4.74 Å². The molecule has 1 aliphatic heterocycles. The average molecular weight is 399 g/mol. The highest BCUT2D eigenvalue weighted by Crippen LogP contribution is 2.44. The smallest absolute Gasteiger partial charge is 0.325 e. The Kier molecular flexibility index (Phi) is 5.50. The van der Waals surface area contributed by atoms with Gasteiger partial charge in [0.25, 0.3) is 0 Å². The van der Waals surface area contributed by atoms with E-state index in [0.717, 1.165) is 19.4 Å². The Labute approximate surface area is 171 Å². The molecular formula is C22H30N4O3. The van der Waals surface area contributed by atoms with E-state index >= 15 is 0 Å². The van der Waals surface area contributed by atoms with Crippen LogP contribution < -0.4 is 5.32 Å². The van der Waals surface area contributed by atoms with E-state index in [-0.39, 0.29) is 18.5 Å². The number of aromatic amines is 1. The predicted molar refractivity (Wildman–Crippen MR) is 112 cm³/mol. The molecule has 1 saturated heterocycles. The summed E-state index contributed by atoms with van der Waals surface area (Å²) in [6, 6.07) is 6.81. The van der Waals surface area contributed by atoms with Gasteiger partial charge in [0, 0.05) is 49.2 Å². The molecule has 1 fully saturated rings. The van der Waals surface area contributed by atoms with Crippen LogP contribution >= 0.6 is 0 Å². The van der Waals surface area contributed by atoms with Gasteiger partial charge in [-0.1, -0.05) is 12.1 Å². The summed E-state index contributed by atoms with van der Waals surface area (Å²) in [6.07, 6.45) is 4.28. The van der Waals surface area contributed by atoms with Gasteiger partial charge < -0.3 is 24.8 Å². The highest BCUT2D eigenvalue weighted by molar-refractivity contribution is 5.88. The average Bonchev–Trinajstić information content (AvgIpc) is 3.11. The summed E-state index contributed by atoms with van der Waals surface area (Å²) in [6.45, 7) is 3.61. The number of benzene rings is 1. The number of esters is 1. The maximum Gasteiger partial charge on any atom is 0.325 e. The number of likely N-dealkylation sites (tertiary alicyclic amines) is 1. The van der Waals surface area contributed by atoms with Crippen molar-refractivity contribution in [2.45, 2.75) is 31.7 Å². The monoisotopic (exact) mass is 398 g/mol. The summed E-state index contributed by atoms with van der Waals surface area (Å²) in [5, 5.41) is 4.39. The van der Waals surface area contributed by atoms with Gasteiger partial charge in [0.15, 0.2) is 0 Å². The number of ether oxygens (including phenoxy) is 1. The second-order valence-corrected chi connectivity index (χ2v) is 8.35. The van der Waals surface area contributed by atoms with E-state index < -0.39 is 0 Å². The molecule has 2 N–H and O–H groups in total. The van der Waals surface area contributed by atoms with Crippen LogP contribution in [-0.4, -0.2) is 73.2 Å². The van der Waals surface area contributed by atoms with Gasteiger partial charge in [0.1, 0.15) is 6.54 Å². The molecule has 1 aromatic carbocycles. The highest BCUT2D eigenvalue weighted by Gasteiger charge is 2.39. The van der Waals surface area contributed by atoms with Crippen LogP contribution in [0.25, 0.3) is 10.9 Å². The van der Waals surface area contributed by atoms with Crippen molar-refractivity contribution in [3.05, 3.63) is 35.5 Å². The molecule has 0 saturated carbocycles. The fourth-order valence-electron chi connectivity index (χ4n) is 5.04. The summed E-state index contributed by atoms with van der Waals surface area (Å²) >= 11 is 0. The molecule has 4 rings (SSSR count). The van der Waals surface area contributed by atoms with Crippen molar-refractivity contribution in [3.63, 3.8) is 0 Å². The number of H-pyrrole nitrogens is 1. The lowest BCUT2D eigenvalue weighted by molar-refractivity contribution is -0.143. The van der Waals surface area contributed by atoms with Crippen LogP contribution in [0.15, 0.2) is 24.4 Å². The van der Waals surface area contributed by atoms with Crippen LogP contribution in [0, 0.1) is 5.92 Å². The first-order valence-corrected chi connectivity index (χ1v) is 10.4. The Bertz CT molecular complexity index is 909. The van der Waals surface area contributed by atoms with Gasteiger partial charge >= 0.3 is 12.0 Å². The molecule has 156 valence electrons. The fourth-order valence-corrected chi connectivity index (χ4v) is 5.04. The maximum atomic E-state index is 12.4. The van der Waals surface area contributed by atoms with Crippen molar-refractivity contribution in [2.24, 2.45) is 5.92 Å². The number of fused-ring (bicyclic) bond motifs is 2. The van der Waals surface area contributed by atoms with Gasteiger partial charge in [-0.25, -0.2) is 4.79 Å². The fraction of sp³-hybridized carbons (Fsp3) is 0.545. The third kappa shape index (κ3) is 3.83. The number of urea groups is 1. The van der Waals surface area contributed by atoms with Crippen LogP contribution in [0.4, 0.5) is 4.79 Å². The van der Waals surface area contributed by atoms with Gasteiger partial charge in [-0.2, -0.15) is 0 Å². The first-order chi connectivity index (χ1) is 14.0. The zero-order valence-corrected chi connectivity index (χ0v) is 17.4. The summed E-state index contributed by atoms with van der Waals surface area (Å²) in [4.78, 5) is 31.2. The Morgan fingerprint density at radius 2 is 2.21 bits per heavy atom. The van der Waals surface area contributed by atoms with Gasteiger partial charge in [0.05, 0.1) is 6.61 Å². The molecule has 7 heteroatoms. The quantitative estimate of drug-likeness (QED) is 0.758. The van der Waals surface area contributed by atoms with E-state index in [9.17, 15) is 9.59 Å². The lowest BCUT2D eigenvalue weighted by atomic mass is 9.72. The van der Waals surface area contributed by atoms with Crippen LogP contribution in [-0.2, 0) is 16.0 Å². The van der Waals surface area contributed by atoms with Crippen molar-refractivity contribution in [2.75, 3.05) is 40.3 Å². The Hall–Kier alpha value is -2.54. The third-order valence-electron chi connectivity index (χ3n) is 6.37. The molecule has 2 heterocycles. The standard InChI is InChI=1S/C22H30N4O3/c1-4-29-20(27)13-26(3)22(28)24-10-14-8-17-16-6-5-7-18-21(16)15(11-23-18)9-19(17)25(2)12-14/h5-7,11,14,17,19,23H,4,8-10,12-13H2,1-3H3,(H,24,28)/t14?,17-,19-/m1/s1. The SMILES string of the molecule is CCOC(=O)CN(C)C(=O)NCC1C[C@@H]2c3cccc4[nH]cc(c34)C[C@H]2N(C)C1. The lowest BCUT2D eigenvalue weighted by Crippen LogP contribution is -2.51. The molecule has 7 nitrogen and oxygen atoms in total. The number of aromatic nitrogens is 1. The Morgan fingerprint density at radius 1 is 1.38 bits per heavy atom. The molecule has 0 spiro atoms. The lowest BCUT2D eigenvalue weighted by Gasteiger charge is -2.45. The largest absolute Gasteiger partial charge is 0.465 e. The summed E-state index contributed by atoms with van der Waals surface area (Å²) < 4.78 is 4.91. The van der Waals surface area contributed by atoms with Crippen LogP contribution in [0.5, 0.6) is 0 Å². The minimum atomic E-state index is -0.386. The van der Waals surface area contributed by atoms with Crippen molar-refractivity contribution in [1.82, 2.24) is 20.1 Å². The molecule has 29 heavy (non-hydrogen) atoms. The minimum absolute atomic E-state index is 0.0345. The van der Waals surface area contributed by atoms with E-state index in [0.29, 0.717) is 31.0 Å². The summed E-state index contributed by atoms with van der Waals surface area (Å²) in [7, 11) is 3.81. The Balaban J connectivity index is 1.41. The second kappa shape index (κ2) is 8.06.